The van der Waals surface area contributed by atoms with Gasteiger partial charge in [-0.2, -0.15) is 5.26 Å². The highest BCUT2D eigenvalue weighted by molar-refractivity contribution is 6.00. The third-order valence-electron chi connectivity index (χ3n) is 5.29. The van der Waals surface area contributed by atoms with Gasteiger partial charge in [0.2, 0.25) is 0 Å². The summed E-state index contributed by atoms with van der Waals surface area (Å²) in [4.78, 5) is 16.2. The molecule has 0 amide bonds. The van der Waals surface area contributed by atoms with Gasteiger partial charge in [0.1, 0.15) is 11.7 Å². The predicted octanol–water partition coefficient (Wildman–Crippen LogP) is 3.35. The molecule has 0 saturated carbocycles. The second-order valence-electron chi connectivity index (χ2n) is 7.78. The number of allylic oxidation sites excluding steroid dienone is 2. The molecule has 1 aromatic carbocycles. The lowest BCUT2D eigenvalue weighted by molar-refractivity contribution is -0.120. The summed E-state index contributed by atoms with van der Waals surface area (Å²) < 4.78 is 5.84. The van der Waals surface area contributed by atoms with Gasteiger partial charge in [-0.1, -0.05) is 32.0 Å². The summed E-state index contributed by atoms with van der Waals surface area (Å²) in [5.41, 5.74) is 8.59. The van der Waals surface area contributed by atoms with Gasteiger partial charge in [0, 0.05) is 41.4 Å². The smallest absolute Gasteiger partial charge is 0.164 e. The Bertz CT molecular complexity index is 932. The third kappa shape index (κ3) is 2.45. The largest absolute Gasteiger partial charge is 0.478 e. The highest BCUT2D eigenvalue weighted by atomic mass is 16.5. The Morgan fingerprint density at radius 2 is 2.08 bits per heavy atom. The zero-order valence-electron chi connectivity index (χ0n) is 14.4. The minimum absolute atomic E-state index is 0.0636. The van der Waals surface area contributed by atoms with Crippen molar-refractivity contribution in [3.8, 4) is 6.07 Å². The van der Waals surface area contributed by atoms with Crippen LogP contribution < -0.4 is 5.73 Å². The molecule has 1 aliphatic heterocycles. The summed E-state index contributed by atoms with van der Waals surface area (Å²) in [7, 11) is 0. The summed E-state index contributed by atoms with van der Waals surface area (Å²) in [5.74, 6) is -0.226. The van der Waals surface area contributed by atoms with Crippen molar-refractivity contribution in [1.82, 2.24) is 4.98 Å². The van der Waals surface area contributed by atoms with Gasteiger partial charge in [-0.3, -0.25) is 10.5 Å². The van der Waals surface area contributed by atoms with E-state index < -0.39 is 12.1 Å². The molecule has 0 unspecified atom stereocenters. The number of Topliss-reactive ketones (excluding diaryl/α,β-unsaturated/α-hetero) is 1. The number of carbonyl (C=O) groups excluding carboxylic acids is 1. The molecule has 3 N–H and O–H groups in total. The maximum absolute atomic E-state index is 13.0. The molecule has 25 heavy (non-hydrogen) atoms. The Kier molecular flexibility index (Phi) is 3.48. The van der Waals surface area contributed by atoms with Crippen LogP contribution in [0.1, 0.15) is 38.2 Å². The van der Waals surface area contributed by atoms with Crippen LogP contribution in [-0.2, 0) is 9.53 Å². The molecule has 0 saturated heterocycles. The molecule has 0 radical (unpaired) electrons. The first-order valence-corrected chi connectivity index (χ1v) is 8.55. The van der Waals surface area contributed by atoms with Gasteiger partial charge in [-0.15, -0.1) is 0 Å². The summed E-state index contributed by atoms with van der Waals surface area (Å²) >= 11 is 0. The quantitative estimate of drug-likeness (QED) is 0.836. The first kappa shape index (κ1) is 15.9. The normalized spacial score (nSPS) is 28.4. The molecule has 2 aromatic rings. The van der Waals surface area contributed by atoms with Crippen LogP contribution in [0.4, 0.5) is 0 Å². The number of nitrogens with two attached hydrogens (primary N) is 1. The van der Waals surface area contributed by atoms with Gasteiger partial charge in [0.25, 0.3) is 0 Å². The highest BCUT2D eigenvalue weighted by Gasteiger charge is 2.47. The van der Waals surface area contributed by atoms with E-state index in [9.17, 15) is 10.1 Å². The van der Waals surface area contributed by atoms with Crippen LogP contribution in [0.3, 0.4) is 0 Å². The van der Waals surface area contributed by atoms with Crippen molar-refractivity contribution in [2.75, 3.05) is 0 Å². The van der Waals surface area contributed by atoms with E-state index in [4.69, 9.17) is 10.5 Å². The number of hydrogen-bond acceptors (Lipinski definition) is 4. The lowest BCUT2D eigenvalue weighted by Crippen LogP contribution is -2.44. The van der Waals surface area contributed by atoms with E-state index in [0.717, 1.165) is 16.5 Å². The molecule has 5 heteroatoms. The minimum Gasteiger partial charge on any atom is -0.478 e. The molecule has 5 nitrogen and oxygen atoms in total. The van der Waals surface area contributed by atoms with E-state index in [-0.39, 0.29) is 17.1 Å². The van der Waals surface area contributed by atoms with Crippen molar-refractivity contribution >= 4 is 16.7 Å². The lowest BCUT2D eigenvalue weighted by Gasteiger charge is -2.41. The van der Waals surface area contributed by atoms with E-state index in [2.05, 4.69) is 24.9 Å². The molecular formula is C20H21N3O2. The number of aromatic nitrogens is 1. The Morgan fingerprint density at radius 1 is 1.32 bits per heavy atom. The van der Waals surface area contributed by atoms with Gasteiger partial charge < -0.3 is 9.72 Å². The molecule has 3 atom stereocenters. The van der Waals surface area contributed by atoms with Crippen molar-refractivity contribution < 1.29 is 9.53 Å². The molecule has 128 valence electrons. The average Bonchev–Trinajstić information content (AvgIpc) is 2.96. The van der Waals surface area contributed by atoms with Gasteiger partial charge >= 0.3 is 0 Å². The van der Waals surface area contributed by atoms with Crippen LogP contribution in [0.25, 0.3) is 10.9 Å². The fraction of sp³-hybridized carbons (Fsp3) is 0.400. The third-order valence-corrected chi connectivity index (χ3v) is 5.29. The number of fused-ring (bicyclic) bond motifs is 1. The maximum Gasteiger partial charge on any atom is 0.164 e. The van der Waals surface area contributed by atoms with Gasteiger partial charge in [-0.25, -0.2) is 0 Å². The summed E-state index contributed by atoms with van der Waals surface area (Å²) in [5, 5.41) is 10.7. The number of para-hydroxylation sites is 1. The van der Waals surface area contributed by atoms with Crippen molar-refractivity contribution in [3.63, 3.8) is 0 Å². The topological polar surface area (TPSA) is 91.9 Å². The predicted molar refractivity (Wildman–Crippen MR) is 94.3 cm³/mol. The number of hydrogen-bond donors (Lipinski definition) is 2. The minimum atomic E-state index is -0.732. The number of rotatable bonds is 1. The van der Waals surface area contributed by atoms with Crippen LogP contribution in [-0.4, -0.2) is 17.0 Å². The number of benzene rings is 1. The maximum atomic E-state index is 13.0. The fourth-order valence-corrected chi connectivity index (χ4v) is 4.18. The molecule has 2 heterocycles. The van der Waals surface area contributed by atoms with E-state index in [0.29, 0.717) is 24.2 Å². The second-order valence-corrected chi connectivity index (χ2v) is 7.78. The Hall–Kier alpha value is -2.58. The van der Waals surface area contributed by atoms with Gasteiger partial charge in [-0.05, 0) is 17.0 Å². The van der Waals surface area contributed by atoms with Crippen LogP contribution >= 0.6 is 0 Å². The van der Waals surface area contributed by atoms with E-state index in [1.165, 1.54) is 0 Å². The van der Waals surface area contributed by atoms with Crippen LogP contribution in [0.15, 0.2) is 41.8 Å². The lowest BCUT2D eigenvalue weighted by atomic mass is 9.68. The zero-order chi connectivity index (χ0) is 17.8. The van der Waals surface area contributed by atoms with Crippen molar-refractivity contribution in [2.24, 2.45) is 17.1 Å². The fourth-order valence-electron chi connectivity index (χ4n) is 4.18. The van der Waals surface area contributed by atoms with Crippen molar-refractivity contribution in [3.05, 3.63) is 47.4 Å². The first-order chi connectivity index (χ1) is 11.9. The highest BCUT2D eigenvalue weighted by Crippen LogP contribution is 2.49. The van der Waals surface area contributed by atoms with Crippen molar-refractivity contribution in [2.45, 2.75) is 38.8 Å². The SMILES string of the molecule is CC1(C)CC(=O)C2=C(C1)O[C@@H](N)[C@@H](C#N)[C@@H]2c1c[nH]c2ccccc12. The van der Waals surface area contributed by atoms with Crippen LogP contribution in [0, 0.1) is 22.7 Å². The molecule has 1 aliphatic carbocycles. The molecule has 1 aromatic heterocycles. The molecule has 0 spiro atoms. The summed E-state index contributed by atoms with van der Waals surface area (Å²) in [6.45, 7) is 4.11. The number of nitrogens with zero attached hydrogens (tertiary/aromatic N) is 1. The van der Waals surface area contributed by atoms with Crippen molar-refractivity contribution in [1.29, 1.82) is 5.26 Å². The molecule has 0 bridgehead atoms. The van der Waals surface area contributed by atoms with Gasteiger partial charge in [0.15, 0.2) is 12.0 Å². The standard InChI is InChI=1S/C20H21N3O2/c1-20(2)7-15(24)18-16(8-20)25-19(22)12(9-21)17(18)13-10-23-14-6-4-3-5-11(13)14/h3-6,10,12,17,19,23H,7-8,22H2,1-2H3/t12-,17+,19+/m0/s1. The number of nitriles is 1. The van der Waals surface area contributed by atoms with Crippen LogP contribution in [0.5, 0.6) is 0 Å². The Morgan fingerprint density at radius 3 is 2.84 bits per heavy atom. The number of ether oxygens (including phenoxy) is 1. The number of carbonyl (C=O) groups is 1. The van der Waals surface area contributed by atoms with E-state index >= 15 is 0 Å². The Labute approximate surface area is 146 Å². The summed E-state index contributed by atoms with van der Waals surface area (Å²) in [6.07, 6.45) is 2.29. The number of H-pyrrole nitrogens is 1. The Balaban J connectivity index is 1.93. The van der Waals surface area contributed by atoms with Gasteiger partial charge in [0.05, 0.1) is 6.07 Å². The number of ketones is 1. The number of nitrogens with one attached hydrogen (secondary N) is 1. The average molecular weight is 335 g/mol. The zero-order valence-corrected chi connectivity index (χ0v) is 14.4. The monoisotopic (exact) mass is 335 g/mol. The molecule has 0 fully saturated rings. The summed E-state index contributed by atoms with van der Waals surface area (Å²) in [6, 6.07) is 10.2. The van der Waals surface area contributed by atoms with E-state index in [1.807, 2.05) is 30.5 Å². The molecular weight excluding hydrogens is 314 g/mol. The second kappa shape index (κ2) is 5.47. The number of aromatic amines is 1. The molecule has 4 rings (SSSR count). The van der Waals surface area contributed by atoms with E-state index in [1.54, 1.807) is 0 Å². The van der Waals surface area contributed by atoms with Crippen LogP contribution in [0.2, 0.25) is 0 Å². The first-order valence-electron chi connectivity index (χ1n) is 8.55. The molecule has 2 aliphatic rings.